The summed E-state index contributed by atoms with van der Waals surface area (Å²) in [4.78, 5) is 13.1. The summed E-state index contributed by atoms with van der Waals surface area (Å²) >= 11 is 1.69. The van der Waals surface area contributed by atoms with Gasteiger partial charge in [-0.1, -0.05) is 18.2 Å². The average Bonchev–Trinajstić information content (AvgIpc) is 2.86. The topological polar surface area (TPSA) is 49.2 Å². The number of hydrogen-bond donors (Lipinski definition) is 1. The number of aromatic nitrogens is 2. The van der Waals surface area contributed by atoms with Crippen molar-refractivity contribution in [3.63, 3.8) is 0 Å². The van der Waals surface area contributed by atoms with Gasteiger partial charge in [-0.3, -0.25) is 0 Å². The van der Waals surface area contributed by atoms with Crippen LogP contribution in [0.1, 0.15) is 16.0 Å². The Bertz CT molecular complexity index is 857. The van der Waals surface area contributed by atoms with Crippen LogP contribution in [0.5, 0.6) is 0 Å². The lowest BCUT2D eigenvalue weighted by Crippen LogP contribution is -2.22. The molecule has 120 valence electrons. The van der Waals surface area contributed by atoms with E-state index < -0.39 is 0 Å². The summed E-state index contributed by atoms with van der Waals surface area (Å²) in [5, 5.41) is 10.3. The molecule has 5 heteroatoms. The lowest BCUT2D eigenvalue weighted by atomic mass is 9.99. The van der Waals surface area contributed by atoms with E-state index in [1.807, 2.05) is 11.9 Å². The summed E-state index contributed by atoms with van der Waals surface area (Å²) in [6.45, 7) is 7.05. The molecule has 0 aliphatic heterocycles. The van der Waals surface area contributed by atoms with Crippen LogP contribution in [0.15, 0.2) is 24.5 Å². The van der Waals surface area contributed by atoms with E-state index in [0.29, 0.717) is 6.54 Å². The number of fused-ring (bicyclic) bond motifs is 1. The Morgan fingerprint density at radius 2 is 1.91 bits per heavy atom. The van der Waals surface area contributed by atoms with Crippen LogP contribution < -0.4 is 4.90 Å². The number of aliphatic hydroxyl groups is 1. The molecule has 0 aliphatic rings. The van der Waals surface area contributed by atoms with Crippen molar-refractivity contribution in [3.8, 4) is 11.1 Å². The van der Waals surface area contributed by atoms with E-state index in [1.165, 1.54) is 27.1 Å². The summed E-state index contributed by atoms with van der Waals surface area (Å²) in [7, 11) is 1.95. The van der Waals surface area contributed by atoms with E-state index >= 15 is 0 Å². The smallest absolute Gasteiger partial charge is 0.141 e. The Hall–Kier alpha value is -1.98. The average molecular weight is 327 g/mol. The fourth-order valence-electron chi connectivity index (χ4n) is 2.82. The van der Waals surface area contributed by atoms with Gasteiger partial charge in [-0.25, -0.2) is 9.97 Å². The minimum absolute atomic E-state index is 0.101. The lowest BCUT2D eigenvalue weighted by molar-refractivity contribution is 0.304. The van der Waals surface area contributed by atoms with Gasteiger partial charge in [-0.2, -0.15) is 0 Å². The molecule has 4 nitrogen and oxygen atoms in total. The second-order valence-electron chi connectivity index (χ2n) is 5.85. The molecule has 0 unspecified atom stereocenters. The molecule has 0 spiro atoms. The minimum Gasteiger partial charge on any atom is -0.395 e. The molecule has 0 aliphatic carbocycles. The van der Waals surface area contributed by atoms with E-state index in [0.717, 1.165) is 16.0 Å². The van der Waals surface area contributed by atoms with E-state index in [-0.39, 0.29) is 6.61 Å². The van der Waals surface area contributed by atoms with Crippen LogP contribution in [0.4, 0.5) is 5.82 Å². The zero-order valence-electron chi connectivity index (χ0n) is 13.9. The van der Waals surface area contributed by atoms with Gasteiger partial charge in [0.15, 0.2) is 0 Å². The van der Waals surface area contributed by atoms with Crippen LogP contribution in [0.25, 0.3) is 21.3 Å². The Morgan fingerprint density at radius 3 is 2.61 bits per heavy atom. The molecule has 0 bridgehead atoms. The summed E-state index contributed by atoms with van der Waals surface area (Å²) in [5.74, 6) is 0.877. The molecular weight excluding hydrogens is 306 g/mol. The third kappa shape index (κ3) is 2.82. The predicted molar refractivity (Wildman–Crippen MR) is 97.4 cm³/mol. The molecule has 2 heterocycles. The predicted octanol–water partition coefficient (Wildman–Crippen LogP) is 3.71. The molecule has 0 saturated heterocycles. The van der Waals surface area contributed by atoms with Crippen molar-refractivity contribution >= 4 is 27.4 Å². The zero-order valence-corrected chi connectivity index (χ0v) is 14.7. The largest absolute Gasteiger partial charge is 0.395 e. The molecule has 0 fully saturated rings. The number of hydrogen-bond acceptors (Lipinski definition) is 5. The van der Waals surface area contributed by atoms with Crippen molar-refractivity contribution in [1.82, 2.24) is 9.97 Å². The van der Waals surface area contributed by atoms with Crippen LogP contribution in [0.2, 0.25) is 0 Å². The molecule has 0 radical (unpaired) electrons. The fraction of sp³-hybridized carbons (Fsp3) is 0.333. The number of benzene rings is 1. The molecule has 3 rings (SSSR count). The van der Waals surface area contributed by atoms with Crippen LogP contribution in [-0.2, 0) is 0 Å². The molecule has 1 aromatic carbocycles. The van der Waals surface area contributed by atoms with E-state index in [9.17, 15) is 5.11 Å². The standard InChI is InChI=1S/C18H21N3OS/c1-11-5-6-14(9-12(11)2)15-13(3)23-18-16(15)17(19-10-20-18)21(4)7-8-22/h5-6,9-10,22H,7-8H2,1-4H3. The first kappa shape index (κ1) is 15.9. The molecule has 0 atom stereocenters. The number of aryl methyl sites for hydroxylation is 3. The Labute approximate surface area is 140 Å². The van der Waals surface area contributed by atoms with Gasteiger partial charge >= 0.3 is 0 Å². The Balaban J connectivity index is 2.27. The molecule has 0 amide bonds. The van der Waals surface area contributed by atoms with Gasteiger partial charge in [0.05, 0.1) is 12.0 Å². The number of likely N-dealkylation sites (N-methyl/N-ethyl adjacent to an activating group) is 1. The molecule has 23 heavy (non-hydrogen) atoms. The molecular formula is C18H21N3OS. The molecule has 2 aromatic heterocycles. The maximum Gasteiger partial charge on any atom is 0.141 e. The second-order valence-corrected chi connectivity index (χ2v) is 7.06. The summed E-state index contributed by atoms with van der Waals surface area (Å²) in [6, 6.07) is 6.56. The van der Waals surface area contributed by atoms with Crippen molar-refractivity contribution in [3.05, 3.63) is 40.5 Å². The number of rotatable bonds is 4. The van der Waals surface area contributed by atoms with E-state index in [4.69, 9.17) is 0 Å². The summed E-state index contributed by atoms with van der Waals surface area (Å²) in [6.07, 6.45) is 1.60. The highest BCUT2D eigenvalue weighted by atomic mass is 32.1. The second kappa shape index (κ2) is 6.26. The highest BCUT2D eigenvalue weighted by Crippen LogP contribution is 2.41. The van der Waals surface area contributed by atoms with Gasteiger partial charge in [0, 0.05) is 24.0 Å². The van der Waals surface area contributed by atoms with Gasteiger partial charge in [0.25, 0.3) is 0 Å². The highest BCUT2D eigenvalue weighted by Gasteiger charge is 2.18. The third-order valence-electron chi connectivity index (χ3n) is 4.24. The molecule has 0 saturated carbocycles. The van der Waals surface area contributed by atoms with E-state index in [2.05, 4.69) is 48.9 Å². The van der Waals surface area contributed by atoms with Gasteiger partial charge < -0.3 is 10.0 Å². The number of thiophene rings is 1. The first-order valence-corrected chi connectivity index (χ1v) is 8.48. The van der Waals surface area contributed by atoms with Crippen molar-refractivity contribution < 1.29 is 5.11 Å². The highest BCUT2D eigenvalue weighted by molar-refractivity contribution is 7.19. The first-order valence-electron chi connectivity index (χ1n) is 7.66. The third-order valence-corrected chi connectivity index (χ3v) is 5.25. The Kier molecular flexibility index (Phi) is 4.33. The monoisotopic (exact) mass is 327 g/mol. The lowest BCUT2D eigenvalue weighted by Gasteiger charge is -2.18. The van der Waals surface area contributed by atoms with Crippen molar-refractivity contribution in [2.24, 2.45) is 0 Å². The summed E-state index contributed by atoms with van der Waals surface area (Å²) < 4.78 is 0. The van der Waals surface area contributed by atoms with Crippen LogP contribution >= 0.6 is 11.3 Å². The van der Waals surface area contributed by atoms with Crippen molar-refractivity contribution in [1.29, 1.82) is 0 Å². The number of nitrogens with zero attached hydrogens (tertiary/aromatic N) is 3. The maximum absolute atomic E-state index is 9.25. The summed E-state index contributed by atoms with van der Waals surface area (Å²) in [5.41, 5.74) is 4.97. The molecule has 3 aromatic rings. The maximum atomic E-state index is 9.25. The quantitative estimate of drug-likeness (QED) is 0.793. The van der Waals surface area contributed by atoms with Gasteiger partial charge in [0.2, 0.25) is 0 Å². The van der Waals surface area contributed by atoms with Gasteiger partial charge in [-0.15, -0.1) is 11.3 Å². The molecule has 1 N–H and O–H groups in total. The SMILES string of the molecule is Cc1ccc(-c2c(C)sc3ncnc(N(C)CCO)c23)cc1C. The Morgan fingerprint density at radius 1 is 1.13 bits per heavy atom. The normalized spacial score (nSPS) is 11.2. The zero-order chi connectivity index (χ0) is 16.6. The van der Waals surface area contributed by atoms with Crippen LogP contribution in [0.3, 0.4) is 0 Å². The first-order chi connectivity index (χ1) is 11.0. The van der Waals surface area contributed by atoms with Gasteiger partial charge in [-0.05, 0) is 37.5 Å². The van der Waals surface area contributed by atoms with E-state index in [1.54, 1.807) is 17.7 Å². The van der Waals surface area contributed by atoms with Crippen LogP contribution in [0, 0.1) is 20.8 Å². The van der Waals surface area contributed by atoms with Crippen LogP contribution in [-0.4, -0.2) is 35.3 Å². The van der Waals surface area contributed by atoms with Crippen molar-refractivity contribution in [2.45, 2.75) is 20.8 Å². The fourth-order valence-corrected chi connectivity index (χ4v) is 3.83. The number of anilines is 1. The number of aliphatic hydroxyl groups excluding tert-OH is 1. The minimum atomic E-state index is 0.101. The van der Waals surface area contributed by atoms with Crippen molar-refractivity contribution in [2.75, 3.05) is 25.1 Å². The van der Waals surface area contributed by atoms with Gasteiger partial charge in [0.1, 0.15) is 17.0 Å².